The van der Waals surface area contributed by atoms with Gasteiger partial charge in [0.2, 0.25) is 0 Å². The number of hydrogen-bond acceptors (Lipinski definition) is 6. The fourth-order valence-electron chi connectivity index (χ4n) is 4.58. The Morgan fingerprint density at radius 3 is 2.42 bits per heavy atom. The van der Waals surface area contributed by atoms with Gasteiger partial charge in [0.05, 0.1) is 18.9 Å². The number of imide groups is 1. The van der Waals surface area contributed by atoms with E-state index in [9.17, 15) is 14.4 Å². The van der Waals surface area contributed by atoms with Crippen molar-refractivity contribution in [1.82, 2.24) is 20.1 Å². The monoisotopic (exact) mass is 522 g/mol. The van der Waals surface area contributed by atoms with E-state index in [2.05, 4.69) is 41.3 Å². The normalized spacial score (nSPS) is 18.1. The van der Waals surface area contributed by atoms with Gasteiger partial charge in [-0.05, 0) is 54.7 Å². The highest BCUT2D eigenvalue weighted by Gasteiger charge is 2.51. The van der Waals surface area contributed by atoms with Crippen LogP contribution >= 0.6 is 0 Å². The molecule has 0 saturated carbocycles. The Bertz CT molecular complexity index is 1170. The number of urea groups is 2. The maximum atomic E-state index is 13.5. The molecule has 1 aromatic heterocycles. The molecular formula is C28H38N6O4. The molecule has 5 amide bonds. The number of nitrogens with zero attached hydrogens (tertiary/aromatic N) is 4. The number of nitrogens with one attached hydrogen (secondary N) is 2. The third kappa shape index (κ3) is 6.14. The van der Waals surface area contributed by atoms with Gasteiger partial charge in [0.15, 0.2) is 0 Å². The van der Waals surface area contributed by atoms with Crippen molar-refractivity contribution in [3.63, 3.8) is 0 Å². The van der Waals surface area contributed by atoms with E-state index in [0.29, 0.717) is 31.3 Å². The molecule has 0 atom stereocenters. The van der Waals surface area contributed by atoms with Crippen molar-refractivity contribution < 1.29 is 19.1 Å². The quantitative estimate of drug-likeness (QED) is 0.539. The summed E-state index contributed by atoms with van der Waals surface area (Å²) in [5, 5.41) is 5.60. The Morgan fingerprint density at radius 1 is 1.08 bits per heavy atom. The zero-order valence-electron chi connectivity index (χ0n) is 22.9. The average molecular weight is 523 g/mol. The second-order valence-corrected chi connectivity index (χ2v) is 11.2. The maximum absolute atomic E-state index is 13.5. The molecule has 2 fully saturated rings. The molecule has 0 radical (unpaired) electrons. The van der Waals surface area contributed by atoms with E-state index in [1.165, 1.54) is 4.90 Å². The maximum Gasteiger partial charge on any atom is 0.332 e. The van der Waals surface area contributed by atoms with Crippen LogP contribution in [-0.4, -0.2) is 77.7 Å². The first-order chi connectivity index (χ1) is 18.0. The highest BCUT2D eigenvalue weighted by molar-refractivity contribution is 6.22. The molecule has 204 valence electrons. The minimum Gasteiger partial charge on any atom is -0.379 e. The van der Waals surface area contributed by atoms with Gasteiger partial charge in [0.1, 0.15) is 11.4 Å². The first-order valence-electron chi connectivity index (χ1n) is 13.0. The molecule has 2 aliphatic rings. The van der Waals surface area contributed by atoms with Gasteiger partial charge < -0.3 is 15.0 Å². The van der Waals surface area contributed by atoms with Crippen LogP contribution in [0.5, 0.6) is 0 Å². The Labute approximate surface area is 224 Å². The molecule has 0 spiro atoms. The van der Waals surface area contributed by atoms with Crippen LogP contribution in [0.1, 0.15) is 45.7 Å². The van der Waals surface area contributed by atoms with Gasteiger partial charge >= 0.3 is 12.1 Å². The Hall–Kier alpha value is -3.50. The molecule has 10 heteroatoms. The number of rotatable bonds is 7. The molecule has 0 aliphatic carbocycles. The summed E-state index contributed by atoms with van der Waals surface area (Å²) in [6.07, 6.45) is 1.58. The number of carbonyl (C=O) groups excluding carboxylic acids is 3. The molecule has 3 heterocycles. The summed E-state index contributed by atoms with van der Waals surface area (Å²) < 4.78 is 5.34. The minimum absolute atomic E-state index is 0.0321. The molecule has 2 aliphatic heterocycles. The first kappa shape index (κ1) is 27.5. The zero-order chi connectivity index (χ0) is 27.5. The van der Waals surface area contributed by atoms with E-state index in [1.807, 2.05) is 24.3 Å². The Balaban J connectivity index is 1.39. The van der Waals surface area contributed by atoms with Crippen LogP contribution in [0.15, 0.2) is 42.6 Å². The van der Waals surface area contributed by atoms with E-state index in [1.54, 1.807) is 37.1 Å². The van der Waals surface area contributed by atoms with Gasteiger partial charge in [-0.15, -0.1) is 0 Å². The summed E-state index contributed by atoms with van der Waals surface area (Å²) >= 11 is 0. The summed E-state index contributed by atoms with van der Waals surface area (Å²) in [6.45, 7) is 14.5. The number of amides is 5. The number of carbonyl (C=O) groups is 3. The largest absolute Gasteiger partial charge is 0.379 e. The highest BCUT2D eigenvalue weighted by atomic mass is 16.5. The number of pyridine rings is 1. The van der Waals surface area contributed by atoms with E-state index in [-0.39, 0.29) is 29.9 Å². The lowest BCUT2D eigenvalue weighted by molar-refractivity contribution is -0.123. The summed E-state index contributed by atoms with van der Waals surface area (Å²) in [6, 6.07) is 10.3. The molecule has 10 nitrogen and oxygen atoms in total. The summed E-state index contributed by atoms with van der Waals surface area (Å²) in [5.74, 6) is 0.0924. The minimum atomic E-state index is -1.03. The van der Waals surface area contributed by atoms with Gasteiger partial charge in [0.25, 0.3) is 5.91 Å². The van der Waals surface area contributed by atoms with Crippen LogP contribution < -0.4 is 15.5 Å². The van der Waals surface area contributed by atoms with Gasteiger partial charge in [-0.1, -0.05) is 32.9 Å². The summed E-state index contributed by atoms with van der Waals surface area (Å²) in [4.78, 5) is 48.4. The van der Waals surface area contributed by atoms with E-state index >= 15 is 0 Å². The van der Waals surface area contributed by atoms with Gasteiger partial charge in [0, 0.05) is 38.9 Å². The number of anilines is 2. The molecular weight excluding hydrogens is 484 g/mol. The van der Waals surface area contributed by atoms with E-state index < -0.39 is 5.54 Å². The van der Waals surface area contributed by atoms with Crippen molar-refractivity contribution in [3.8, 4) is 0 Å². The van der Waals surface area contributed by atoms with Crippen molar-refractivity contribution in [2.45, 2.75) is 52.1 Å². The zero-order valence-corrected chi connectivity index (χ0v) is 22.9. The van der Waals surface area contributed by atoms with Crippen molar-refractivity contribution in [2.75, 3.05) is 49.6 Å². The third-order valence-electron chi connectivity index (χ3n) is 7.04. The van der Waals surface area contributed by atoms with Crippen LogP contribution in [-0.2, 0) is 21.5 Å². The number of aromatic nitrogens is 1. The first-order valence-corrected chi connectivity index (χ1v) is 13.0. The van der Waals surface area contributed by atoms with Crippen LogP contribution in [0.3, 0.4) is 0 Å². The summed E-state index contributed by atoms with van der Waals surface area (Å²) in [7, 11) is 0. The van der Waals surface area contributed by atoms with Crippen LogP contribution in [0, 0.1) is 0 Å². The highest BCUT2D eigenvalue weighted by Crippen LogP contribution is 2.34. The van der Waals surface area contributed by atoms with Crippen LogP contribution in [0.25, 0.3) is 0 Å². The molecule has 0 unspecified atom stereocenters. The predicted octanol–water partition coefficient (Wildman–Crippen LogP) is 3.58. The predicted molar refractivity (Wildman–Crippen MR) is 146 cm³/mol. The van der Waals surface area contributed by atoms with Crippen LogP contribution in [0.4, 0.5) is 21.1 Å². The van der Waals surface area contributed by atoms with Crippen molar-refractivity contribution in [3.05, 3.63) is 53.7 Å². The lowest BCUT2D eigenvalue weighted by Crippen LogP contribution is -2.43. The fourth-order valence-corrected chi connectivity index (χ4v) is 4.58. The number of benzene rings is 1. The van der Waals surface area contributed by atoms with Gasteiger partial charge in [-0.3, -0.25) is 15.0 Å². The molecule has 38 heavy (non-hydrogen) atoms. The lowest BCUT2D eigenvalue weighted by Gasteiger charge is -2.27. The fraction of sp³-hybridized carbons (Fsp3) is 0.500. The third-order valence-corrected chi connectivity index (χ3v) is 7.04. The molecule has 2 N–H and O–H groups in total. The van der Waals surface area contributed by atoms with Crippen molar-refractivity contribution >= 4 is 29.5 Å². The lowest BCUT2D eigenvalue weighted by atomic mass is 9.87. The molecule has 1 aromatic carbocycles. The molecule has 2 saturated heterocycles. The number of morpholine rings is 1. The second-order valence-electron chi connectivity index (χ2n) is 11.2. The number of ether oxygens (including phenoxy) is 1. The van der Waals surface area contributed by atoms with E-state index in [0.717, 1.165) is 30.8 Å². The van der Waals surface area contributed by atoms with Gasteiger partial charge in [-0.25, -0.2) is 19.5 Å². The van der Waals surface area contributed by atoms with Gasteiger partial charge in [-0.2, -0.15) is 0 Å². The van der Waals surface area contributed by atoms with Crippen LogP contribution in [0.2, 0.25) is 0 Å². The number of hydrogen-bond donors (Lipinski definition) is 2. The Kier molecular flexibility index (Phi) is 8.03. The average Bonchev–Trinajstić information content (AvgIpc) is 3.03. The molecule has 4 rings (SSSR count). The SMILES string of the molecule is CC(C)(C)c1ccc(N2C(=O)N(Cc3ccnc(NC(=O)NCCN4CCOCC4)c3)C(C)(C)C2=O)cc1. The second kappa shape index (κ2) is 11.1. The molecule has 2 aromatic rings. The topological polar surface area (TPSA) is 107 Å². The van der Waals surface area contributed by atoms with Crippen molar-refractivity contribution in [1.29, 1.82) is 0 Å². The van der Waals surface area contributed by atoms with Crippen molar-refractivity contribution in [2.24, 2.45) is 0 Å². The van der Waals surface area contributed by atoms with E-state index in [4.69, 9.17) is 4.74 Å². The Morgan fingerprint density at radius 2 is 1.76 bits per heavy atom. The smallest absolute Gasteiger partial charge is 0.332 e. The standard InChI is InChI=1S/C28H38N6O4/c1-27(2,3)21-6-8-22(9-7-21)34-24(35)28(4,5)33(26(34)37)19-20-10-11-29-23(18-20)31-25(36)30-12-13-32-14-16-38-17-15-32/h6-11,18H,12-17,19H2,1-5H3,(H2,29,30,31,36). The summed E-state index contributed by atoms with van der Waals surface area (Å²) in [5.41, 5.74) is 1.36. The molecule has 0 bridgehead atoms.